The van der Waals surface area contributed by atoms with Crippen LogP contribution in [0.5, 0.6) is 11.5 Å². The Morgan fingerprint density at radius 1 is 0.821 bits per heavy atom. The van der Waals surface area contributed by atoms with Gasteiger partial charge in [0.15, 0.2) is 6.29 Å². The van der Waals surface area contributed by atoms with Gasteiger partial charge in [-0.2, -0.15) is 0 Å². The van der Waals surface area contributed by atoms with Crippen LogP contribution in [0, 0.1) is 0 Å². The standard InChI is InChI=1S/C24H24O4/c1-17(2)20-13-21(24(25)26)23(28-16-19-11-7-4-8-12-19)14-22(20)27-15-18-9-5-3-6-10-18/h3-14,24-26H,1,15-16H2,2H3. The second kappa shape index (κ2) is 9.22. The third-order valence-corrected chi connectivity index (χ3v) is 4.32. The summed E-state index contributed by atoms with van der Waals surface area (Å²) in [7, 11) is 0. The number of benzene rings is 3. The van der Waals surface area contributed by atoms with Gasteiger partial charge in [-0.3, -0.25) is 0 Å². The molecule has 4 heteroatoms. The van der Waals surface area contributed by atoms with Gasteiger partial charge >= 0.3 is 0 Å². The van der Waals surface area contributed by atoms with E-state index < -0.39 is 6.29 Å². The van der Waals surface area contributed by atoms with E-state index >= 15 is 0 Å². The third-order valence-electron chi connectivity index (χ3n) is 4.32. The van der Waals surface area contributed by atoms with E-state index in [0.29, 0.717) is 30.3 Å². The molecule has 0 aliphatic carbocycles. The maximum atomic E-state index is 9.81. The van der Waals surface area contributed by atoms with Gasteiger partial charge in [0.05, 0.1) is 5.56 Å². The van der Waals surface area contributed by atoms with Crippen molar-refractivity contribution in [1.29, 1.82) is 0 Å². The van der Waals surface area contributed by atoms with Crippen molar-refractivity contribution in [3.05, 3.63) is 102 Å². The zero-order valence-electron chi connectivity index (χ0n) is 15.8. The van der Waals surface area contributed by atoms with Crippen LogP contribution in [0.1, 0.15) is 35.5 Å². The highest BCUT2D eigenvalue weighted by molar-refractivity contribution is 5.69. The molecule has 0 saturated heterocycles. The number of hydrogen-bond acceptors (Lipinski definition) is 4. The van der Waals surface area contributed by atoms with E-state index in [0.717, 1.165) is 16.7 Å². The smallest absolute Gasteiger partial charge is 0.182 e. The zero-order valence-corrected chi connectivity index (χ0v) is 15.8. The van der Waals surface area contributed by atoms with Crippen molar-refractivity contribution in [3.63, 3.8) is 0 Å². The van der Waals surface area contributed by atoms with E-state index in [4.69, 9.17) is 9.47 Å². The van der Waals surface area contributed by atoms with Crippen molar-refractivity contribution in [1.82, 2.24) is 0 Å². The van der Waals surface area contributed by atoms with Crippen molar-refractivity contribution < 1.29 is 19.7 Å². The van der Waals surface area contributed by atoms with Gasteiger partial charge in [0.25, 0.3) is 0 Å². The summed E-state index contributed by atoms with van der Waals surface area (Å²) in [4.78, 5) is 0. The van der Waals surface area contributed by atoms with E-state index in [-0.39, 0.29) is 5.56 Å². The molecule has 0 amide bonds. The monoisotopic (exact) mass is 376 g/mol. The van der Waals surface area contributed by atoms with E-state index in [1.807, 2.05) is 67.6 Å². The third kappa shape index (κ3) is 5.00. The Morgan fingerprint density at radius 3 is 1.79 bits per heavy atom. The molecule has 3 aromatic rings. The van der Waals surface area contributed by atoms with Crippen LogP contribution in [-0.4, -0.2) is 10.2 Å². The molecule has 0 bridgehead atoms. The molecule has 2 N–H and O–H groups in total. The molecule has 3 rings (SSSR count). The lowest BCUT2D eigenvalue weighted by atomic mass is 10.0. The highest BCUT2D eigenvalue weighted by atomic mass is 16.5. The minimum atomic E-state index is -1.66. The summed E-state index contributed by atoms with van der Waals surface area (Å²) in [6.45, 7) is 6.53. The molecule has 0 aromatic heterocycles. The largest absolute Gasteiger partial charge is 0.488 e. The molecule has 0 radical (unpaired) electrons. The summed E-state index contributed by atoms with van der Waals surface area (Å²) in [6.07, 6.45) is -1.66. The first-order valence-electron chi connectivity index (χ1n) is 9.08. The molecule has 0 unspecified atom stereocenters. The number of rotatable bonds is 8. The van der Waals surface area contributed by atoms with Crippen molar-refractivity contribution in [3.8, 4) is 11.5 Å². The van der Waals surface area contributed by atoms with E-state index in [9.17, 15) is 10.2 Å². The molecule has 3 aromatic carbocycles. The fraction of sp³-hybridized carbons (Fsp3) is 0.167. The molecule has 0 spiro atoms. The summed E-state index contributed by atoms with van der Waals surface area (Å²) in [5, 5.41) is 19.6. The predicted octanol–water partition coefficient (Wildman–Crippen LogP) is 4.86. The zero-order chi connectivity index (χ0) is 19.9. The van der Waals surface area contributed by atoms with Gasteiger partial charge in [0, 0.05) is 11.6 Å². The topological polar surface area (TPSA) is 58.9 Å². The Bertz CT molecular complexity index is 918. The first-order valence-corrected chi connectivity index (χ1v) is 9.08. The number of allylic oxidation sites excluding steroid dienone is 1. The van der Waals surface area contributed by atoms with Gasteiger partial charge < -0.3 is 19.7 Å². The van der Waals surface area contributed by atoms with Crippen LogP contribution >= 0.6 is 0 Å². The molecule has 0 saturated carbocycles. The lowest BCUT2D eigenvalue weighted by Gasteiger charge is -2.19. The normalized spacial score (nSPS) is 10.7. The summed E-state index contributed by atoms with van der Waals surface area (Å²) in [6, 6.07) is 22.9. The Hall–Kier alpha value is -3.08. The van der Waals surface area contributed by atoms with Crippen LogP contribution in [0.2, 0.25) is 0 Å². The fourth-order valence-corrected chi connectivity index (χ4v) is 2.83. The maximum Gasteiger partial charge on any atom is 0.182 e. The van der Waals surface area contributed by atoms with Crippen LogP contribution in [0.4, 0.5) is 0 Å². The van der Waals surface area contributed by atoms with Crippen LogP contribution in [0.3, 0.4) is 0 Å². The highest BCUT2D eigenvalue weighted by Gasteiger charge is 2.17. The van der Waals surface area contributed by atoms with Crippen molar-refractivity contribution >= 4 is 5.57 Å². The minimum absolute atomic E-state index is 0.279. The van der Waals surface area contributed by atoms with Crippen LogP contribution in [0.15, 0.2) is 79.4 Å². The van der Waals surface area contributed by atoms with Crippen molar-refractivity contribution in [2.24, 2.45) is 0 Å². The van der Waals surface area contributed by atoms with Crippen LogP contribution < -0.4 is 9.47 Å². The van der Waals surface area contributed by atoms with E-state index in [1.165, 1.54) is 0 Å². The SMILES string of the molecule is C=C(C)c1cc(C(O)O)c(OCc2ccccc2)cc1OCc1ccccc1. The van der Waals surface area contributed by atoms with Gasteiger partial charge in [-0.15, -0.1) is 0 Å². The second-order valence-corrected chi connectivity index (χ2v) is 6.59. The second-order valence-electron chi connectivity index (χ2n) is 6.59. The molecule has 0 aliphatic rings. The molecule has 0 atom stereocenters. The van der Waals surface area contributed by atoms with Crippen molar-refractivity contribution in [2.45, 2.75) is 26.4 Å². The average Bonchev–Trinajstić information content (AvgIpc) is 2.71. The predicted molar refractivity (Wildman–Crippen MR) is 110 cm³/mol. The number of hydrogen-bond donors (Lipinski definition) is 2. The van der Waals surface area contributed by atoms with Crippen LogP contribution in [-0.2, 0) is 13.2 Å². The Morgan fingerprint density at radius 2 is 1.32 bits per heavy atom. The lowest BCUT2D eigenvalue weighted by Crippen LogP contribution is -2.06. The Kier molecular flexibility index (Phi) is 6.48. The molecule has 0 aliphatic heterocycles. The fourth-order valence-electron chi connectivity index (χ4n) is 2.83. The first kappa shape index (κ1) is 19.7. The van der Waals surface area contributed by atoms with Gasteiger partial charge in [-0.1, -0.05) is 67.2 Å². The summed E-state index contributed by atoms with van der Waals surface area (Å²) in [5.41, 5.74) is 3.77. The number of aliphatic hydroxyl groups excluding tert-OH is 1. The highest BCUT2D eigenvalue weighted by Crippen LogP contribution is 2.36. The van der Waals surface area contributed by atoms with E-state index in [2.05, 4.69) is 6.58 Å². The number of ether oxygens (including phenoxy) is 2. The van der Waals surface area contributed by atoms with Gasteiger partial charge in [0.1, 0.15) is 24.7 Å². The molecule has 0 fully saturated rings. The average molecular weight is 376 g/mol. The maximum absolute atomic E-state index is 9.81. The molecule has 144 valence electrons. The molecule has 28 heavy (non-hydrogen) atoms. The van der Waals surface area contributed by atoms with Gasteiger partial charge in [0.2, 0.25) is 0 Å². The van der Waals surface area contributed by atoms with Crippen LogP contribution in [0.25, 0.3) is 5.57 Å². The minimum Gasteiger partial charge on any atom is -0.488 e. The van der Waals surface area contributed by atoms with Gasteiger partial charge in [-0.05, 0) is 29.7 Å². The quantitative estimate of drug-likeness (QED) is 0.551. The molecular weight excluding hydrogens is 352 g/mol. The van der Waals surface area contributed by atoms with Gasteiger partial charge in [-0.25, -0.2) is 0 Å². The summed E-state index contributed by atoms with van der Waals surface area (Å²) >= 11 is 0. The molecular formula is C24H24O4. The lowest BCUT2D eigenvalue weighted by molar-refractivity contribution is -0.0443. The Balaban J connectivity index is 1.89. The molecule has 0 heterocycles. The molecule has 4 nitrogen and oxygen atoms in total. The summed E-state index contributed by atoms with van der Waals surface area (Å²) < 4.78 is 11.9. The first-order chi connectivity index (χ1) is 13.5. The summed E-state index contributed by atoms with van der Waals surface area (Å²) in [5.74, 6) is 0.954. The number of aliphatic hydroxyl groups is 2. The van der Waals surface area contributed by atoms with E-state index in [1.54, 1.807) is 12.1 Å². The van der Waals surface area contributed by atoms with Crippen molar-refractivity contribution in [2.75, 3.05) is 0 Å². The Labute approximate surface area is 165 Å².